The number of carbonyl (C=O) groups excluding carboxylic acids is 2. The highest BCUT2D eigenvalue weighted by atomic mass is 79.9. The normalized spacial score (nSPS) is 17.4. The summed E-state index contributed by atoms with van der Waals surface area (Å²) in [5.41, 5.74) is 6.67. The molecule has 1 aromatic heterocycles. The smallest absolute Gasteiger partial charge is 0.270 e. The maximum absolute atomic E-state index is 12.2. The summed E-state index contributed by atoms with van der Waals surface area (Å²) >= 11 is 3.33. The van der Waals surface area contributed by atoms with E-state index < -0.39 is 0 Å². The summed E-state index contributed by atoms with van der Waals surface area (Å²) in [6.07, 6.45) is 4.12. The summed E-state index contributed by atoms with van der Waals surface area (Å²) in [6, 6.07) is 11.4. The van der Waals surface area contributed by atoms with E-state index in [1.54, 1.807) is 18.2 Å². The van der Waals surface area contributed by atoms with E-state index in [1.165, 1.54) is 5.69 Å². The van der Waals surface area contributed by atoms with Crippen molar-refractivity contribution in [2.45, 2.75) is 18.9 Å². The molecule has 2 N–H and O–H groups in total. The number of hydrogen-bond donors (Lipinski definition) is 2. The predicted molar refractivity (Wildman–Crippen MR) is 98.7 cm³/mol. The summed E-state index contributed by atoms with van der Waals surface area (Å²) < 4.78 is 2.78. The Balaban J connectivity index is 1.55. The van der Waals surface area contributed by atoms with E-state index in [1.807, 2.05) is 25.4 Å². The lowest BCUT2D eigenvalue weighted by molar-refractivity contribution is -0.123. The van der Waals surface area contributed by atoms with Gasteiger partial charge in [0.05, 0.1) is 18.2 Å². The van der Waals surface area contributed by atoms with Crippen LogP contribution < -0.4 is 10.9 Å². The molecular weight excluding hydrogens is 384 g/mol. The second kappa shape index (κ2) is 7.84. The van der Waals surface area contributed by atoms with Crippen molar-refractivity contribution in [1.29, 1.82) is 0 Å². The zero-order valence-electron chi connectivity index (χ0n) is 14.0. The SMILES string of the molecule is Cn1cccc1[C@@H]1CCCN1CC(=O)NNC(=O)c1ccccc1Br. The van der Waals surface area contributed by atoms with Crippen LogP contribution in [0.1, 0.15) is 34.9 Å². The Morgan fingerprint density at radius 1 is 1.20 bits per heavy atom. The van der Waals surface area contributed by atoms with Gasteiger partial charge in [-0.2, -0.15) is 0 Å². The first-order valence-corrected chi connectivity index (χ1v) is 9.04. The molecule has 132 valence electrons. The summed E-state index contributed by atoms with van der Waals surface area (Å²) in [4.78, 5) is 26.5. The molecule has 1 saturated heterocycles. The Hall–Kier alpha value is -2.12. The Kier molecular flexibility index (Phi) is 5.55. The molecule has 0 spiro atoms. The number of aromatic nitrogens is 1. The minimum Gasteiger partial charge on any atom is -0.353 e. The van der Waals surface area contributed by atoms with E-state index >= 15 is 0 Å². The second-order valence-corrected chi connectivity index (χ2v) is 7.01. The number of hydrazine groups is 1. The molecule has 1 fully saturated rings. The van der Waals surface area contributed by atoms with Gasteiger partial charge in [-0.15, -0.1) is 0 Å². The fraction of sp³-hybridized carbons (Fsp3) is 0.333. The zero-order valence-corrected chi connectivity index (χ0v) is 15.6. The molecule has 0 saturated carbocycles. The van der Waals surface area contributed by atoms with Crippen LogP contribution in [0, 0.1) is 0 Å². The Morgan fingerprint density at radius 2 is 2.00 bits per heavy atom. The molecule has 3 rings (SSSR count). The van der Waals surface area contributed by atoms with E-state index in [0.29, 0.717) is 10.0 Å². The number of nitrogens with one attached hydrogen (secondary N) is 2. The van der Waals surface area contributed by atoms with Crippen LogP contribution in [0.25, 0.3) is 0 Å². The van der Waals surface area contributed by atoms with Crippen molar-refractivity contribution in [3.63, 3.8) is 0 Å². The van der Waals surface area contributed by atoms with E-state index in [0.717, 1.165) is 19.4 Å². The summed E-state index contributed by atoms with van der Waals surface area (Å²) in [5.74, 6) is -0.567. The second-order valence-electron chi connectivity index (χ2n) is 6.15. The van der Waals surface area contributed by atoms with Gasteiger partial charge in [0.25, 0.3) is 11.8 Å². The van der Waals surface area contributed by atoms with Crippen LogP contribution in [0.15, 0.2) is 47.1 Å². The topological polar surface area (TPSA) is 66.4 Å². The van der Waals surface area contributed by atoms with Gasteiger partial charge in [0, 0.05) is 23.4 Å². The molecule has 0 bridgehead atoms. The van der Waals surface area contributed by atoms with Crippen molar-refractivity contribution in [2.24, 2.45) is 7.05 Å². The number of amides is 2. The molecule has 7 heteroatoms. The number of aryl methyl sites for hydroxylation is 1. The van der Waals surface area contributed by atoms with Crippen molar-refractivity contribution in [1.82, 2.24) is 20.3 Å². The largest absolute Gasteiger partial charge is 0.353 e. The fourth-order valence-corrected chi connectivity index (χ4v) is 3.70. The molecular formula is C18H21BrN4O2. The fourth-order valence-electron chi connectivity index (χ4n) is 3.23. The van der Waals surface area contributed by atoms with E-state index in [-0.39, 0.29) is 24.4 Å². The standard InChI is InChI=1S/C18H21BrN4O2/c1-22-10-4-8-15(22)16-9-5-11-23(16)12-17(24)20-21-18(25)13-6-2-3-7-14(13)19/h2-4,6-8,10,16H,5,9,11-12H2,1H3,(H,20,24)(H,21,25)/t16-/m0/s1. The molecule has 1 aliphatic rings. The highest BCUT2D eigenvalue weighted by molar-refractivity contribution is 9.10. The van der Waals surface area contributed by atoms with Gasteiger partial charge in [-0.3, -0.25) is 25.3 Å². The van der Waals surface area contributed by atoms with Gasteiger partial charge in [-0.25, -0.2) is 0 Å². The highest BCUT2D eigenvalue weighted by Crippen LogP contribution is 2.31. The third kappa shape index (κ3) is 4.11. The van der Waals surface area contributed by atoms with Crippen LogP contribution in [0.5, 0.6) is 0 Å². The number of hydrogen-bond acceptors (Lipinski definition) is 3. The quantitative estimate of drug-likeness (QED) is 0.768. The van der Waals surface area contributed by atoms with E-state index in [4.69, 9.17) is 0 Å². The lowest BCUT2D eigenvalue weighted by Crippen LogP contribution is -2.46. The number of benzene rings is 1. The summed E-state index contributed by atoms with van der Waals surface area (Å²) in [5, 5.41) is 0. The van der Waals surface area contributed by atoms with Gasteiger partial charge in [-0.1, -0.05) is 12.1 Å². The van der Waals surface area contributed by atoms with Crippen molar-refractivity contribution in [3.05, 3.63) is 58.3 Å². The average Bonchev–Trinajstić information content (AvgIpc) is 3.21. The molecule has 2 aromatic rings. The van der Waals surface area contributed by atoms with Gasteiger partial charge in [0.15, 0.2) is 0 Å². The third-order valence-corrected chi connectivity index (χ3v) is 5.16. The van der Waals surface area contributed by atoms with Gasteiger partial charge < -0.3 is 4.57 Å². The van der Waals surface area contributed by atoms with Gasteiger partial charge in [0.2, 0.25) is 0 Å². The Bertz CT molecular complexity index is 774. The molecule has 1 atom stereocenters. The summed E-state index contributed by atoms with van der Waals surface area (Å²) in [7, 11) is 2.02. The first-order valence-electron chi connectivity index (χ1n) is 8.25. The van der Waals surface area contributed by atoms with Crippen molar-refractivity contribution < 1.29 is 9.59 Å². The minimum atomic E-state index is -0.346. The molecule has 0 radical (unpaired) electrons. The number of rotatable bonds is 4. The number of carbonyl (C=O) groups is 2. The lowest BCUT2D eigenvalue weighted by atomic mass is 10.1. The van der Waals surface area contributed by atoms with Gasteiger partial charge >= 0.3 is 0 Å². The highest BCUT2D eigenvalue weighted by Gasteiger charge is 2.29. The average molecular weight is 405 g/mol. The molecule has 2 amide bonds. The molecule has 6 nitrogen and oxygen atoms in total. The maximum Gasteiger partial charge on any atom is 0.270 e. The Morgan fingerprint density at radius 3 is 2.72 bits per heavy atom. The van der Waals surface area contributed by atoms with Crippen molar-refractivity contribution >= 4 is 27.7 Å². The Labute approximate surface area is 155 Å². The van der Waals surface area contributed by atoms with Crippen LogP contribution in [0.2, 0.25) is 0 Å². The van der Waals surface area contributed by atoms with Crippen molar-refractivity contribution in [3.8, 4) is 0 Å². The molecule has 25 heavy (non-hydrogen) atoms. The van der Waals surface area contributed by atoms with Crippen LogP contribution in [0.4, 0.5) is 0 Å². The predicted octanol–water partition coefficient (Wildman–Crippen LogP) is 2.39. The molecule has 2 heterocycles. The van der Waals surface area contributed by atoms with Gasteiger partial charge in [0.1, 0.15) is 0 Å². The van der Waals surface area contributed by atoms with Crippen LogP contribution >= 0.6 is 15.9 Å². The van der Waals surface area contributed by atoms with Crippen LogP contribution in [-0.4, -0.2) is 34.4 Å². The molecule has 1 aliphatic heterocycles. The number of likely N-dealkylation sites (tertiary alicyclic amines) is 1. The first kappa shape index (κ1) is 17.7. The van der Waals surface area contributed by atoms with E-state index in [2.05, 4.69) is 42.3 Å². The summed E-state index contributed by atoms with van der Waals surface area (Å²) in [6.45, 7) is 1.13. The van der Waals surface area contributed by atoms with Crippen molar-refractivity contribution in [2.75, 3.05) is 13.1 Å². The minimum absolute atomic E-state index is 0.221. The van der Waals surface area contributed by atoms with Crippen LogP contribution in [-0.2, 0) is 11.8 Å². The molecule has 0 aliphatic carbocycles. The van der Waals surface area contributed by atoms with Gasteiger partial charge in [-0.05, 0) is 59.6 Å². The van der Waals surface area contributed by atoms with Crippen LogP contribution in [0.3, 0.4) is 0 Å². The first-order chi connectivity index (χ1) is 12.1. The lowest BCUT2D eigenvalue weighted by Gasteiger charge is -2.24. The third-order valence-electron chi connectivity index (χ3n) is 4.47. The molecule has 1 aromatic carbocycles. The van der Waals surface area contributed by atoms with E-state index in [9.17, 15) is 9.59 Å². The maximum atomic E-state index is 12.2. The zero-order chi connectivity index (χ0) is 17.8. The monoisotopic (exact) mass is 404 g/mol. The molecule has 0 unspecified atom stereocenters. The number of halogens is 1. The number of nitrogens with zero attached hydrogens (tertiary/aromatic N) is 2.